The molecule has 3 N–H and O–H groups in total. The number of thiophene rings is 1. The molecule has 33 heavy (non-hydrogen) atoms. The van der Waals surface area contributed by atoms with E-state index in [1.54, 1.807) is 12.1 Å². The minimum atomic E-state index is -0.450. The molecule has 1 aliphatic rings. The van der Waals surface area contributed by atoms with Crippen LogP contribution in [-0.2, 0) is 22.5 Å². The highest BCUT2D eigenvalue weighted by atomic mass is 35.5. The van der Waals surface area contributed by atoms with Gasteiger partial charge in [0.1, 0.15) is 10.8 Å². The first kappa shape index (κ1) is 25.4. The molecule has 0 radical (unpaired) electrons. The van der Waals surface area contributed by atoms with Crippen molar-refractivity contribution in [2.24, 2.45) is 5.92 Å². The van der Waals surface area contributed by atoms with E-state index >= 15 is 0 Å². The molecule has 2 aromatic rings. The predicted molar refractivity (Wildman–Crippen MR) is 132 cm³/mol. The van der Waals surface area contributed by atoms with Gasteiger partial charge in [0.05, 0.1) is 12.7 Å². The number of thiocarbonyl (C=S) groups is 1. The van der Waals surface area contributed by atoms with E-state index in [4.69, 9.17) is 28.6 Å². The van der Waals surface area contributed by atoms with Crippen LogP contribution in [0.4, 0.5) is 9.39 Å². The summed E-state index contributed by atoms with van der Waals surface area (Å²) >= 11 is 12.8. The van der Waals surface area contributed by atoms with Gasteiger partial charge in [-0.1, -0.05) is 24.6 Å². The molecule has 1 saturated heterocycles. The fraction of sp³-hybridized carbons (Fsp3) is 0.409. The van der Waals surface area contributed by atoms with Gasteiger partial charge in [-0.25, -0.2) is 9.18 Å². The van der Waals surface area contributed by atoms with Crippen molar-refractivity contribution < 1.29 is 18.7 Å². The molecule has 0 spiro atoms. The fourth-order valence-corrected chi connectivity index (χ4v) is 5.00. The number of hydrogen-bond donors (Lipinski definition) is 3. The van der Waals surface area contributed by atoms with Crippen LogP contribution in [0.15, 0.2) is 24.3 Å². The highest BCUT2D eigenvalue weighted by molar-refractivity contribution is 7.80. The molecule has 11 heteroatoms. The number of anilines is 1. The maximum Gasteiger partial charge on any atom is 0.340 e. The molecule has 7 nitrogen and oxygen atoms in total. The second-order valence-electron chi connectivity index (χ2n) is 7.66. The molecule has 1 fully saturated rings. The van der Waals surface area contributed by atoms with E-state index in [0.717, 1.165) is 30.0 Å². The Morgan fingerprint density at radius 2 is 2.00 bits per heavy atom. The topological polar surface area (TPSA) is 82.7 Å². The zero-order valence-electron chi connectivity index (χ0n) is 18.4. The van der Waals surface area contributed by atoms with E-state index in [2.05, 4.69) is 21.1 Å². The van der Waals surface area contributed by atoms with Crippen molar-refractivity contribution >= 4 is 57.1 Å². The van der Waals surface area contributed by atoms with Crippen molar-refractivity contribution in [2.45, 2.75) is 32.7 Å². The summed E-state index contributed by atoms with van der Waals surface area (Å²) in [4.78, 5) is 27.8. The third-order valence-electron chi connectivity index (χ3n) is 5.43. The Hall–Kier alpha value is -2.27. The minimum Gasteiger partial charge on any atom is -0.465 e. The molecule has 0 atom stereocenters. The number of carbonyl (C=O) groups is 2. The number of carbonyl (C=O) groups excluding carboxylic acids is 2. The first-order chi connectivity index (χ1) is 15.8. The molecule has 3 rings (SSSR count). The lowest BCUT2D eigenvalue weighted by Gasteiger charge is -2.31. The molecule has 0 saturated carbocycles. The third-order valence-corrected chi connectivity index (χ3v) is 7.18. The summed E-state index contributed by atoms with van der Waals surface area (Å²) in [6, 6.07) is 6.17. The zero-order valence-corrected chi connectivity index (χ0v) is 20.8. The van der Waals surface area contributed by atoms with Gasteiger partial charge in [-0.2, -0.15) is 0 Å². The number of ether oxygens (including phenoxy) is 1. The van der Waals surface area contributed by atoms with E-state index in [-0.39, 0.29) is 22.8 Å². The van der Waals surface area contributed by atoms with E-state index in [1.807, 2.05) is 6.92 Å². The van der Waals surface area contributed by atoms with Crippen molar-refractivity contribution in [1.82, 2.24) is 15.8 Å². The van der Waals surface area contributed by atoms with E-state index in [1.165, 1.54) is 30.6 Å². The minimum absolute atomic E-state index is 0.146. The molecule has 0 bridgehead atoms. The Morgan fingerprint density at radius 3 is 2.64 bits per heavy atom. The van der Waals surface area contributed by atoms with Crippen LogP contribution in [0, 0.1) is 11.7 Å². The smallest absolute Gasteiger partial charge is 0.340 e. The quantitative estimate of drug-likeness (QED) is 0.305. The number of hydrogen-bond acceptors (Lipinski definition) is 6. The number of benzene rings is 1. The van der Waals surface area contributed by atoms with Crippen LogP contribution >= 0.6 is 35.2 Å². The van der Waals surface area contributed by atoms with Gasteiger partial charge in [0.25, 0.3) is 0 Å². The molecule has 1 amide bonds. The summed E-state index contributed by atoms with van der Waals surface area (Å²) in [6.07, 6.45) is 2.15. The highest BCUT2D eigenvalue weighted by Crippen LogP contribution is 2.29. The summed E-state index contributed by atoms with van der Waals surface area (Å²) in [7, 11) is 1.33. The van der Waals surface area contributed by atoms with Gasteiger partial charge in [0, 0.05) is 22.4 Å². The lowest BCUT2D eigenvalue weighted by Crippen LogP contribution is -2.48. The Kier molecular flexibility index (Phi) is 9.02. The molecule has 1 aliphatic heterocycles. The van der Waals surface area contributed by atoms with Crippen molar-refractivity contribution in [2.75, 3.05) is 25.5 Å². The molecule has 2 heterocycles. The second kappa shape index (κ2) is 11.7. The Bertz CT molecular complexity index is 1030. The van der Waals surface area contributed by atoms with Crippen LogP contribution in [0.1, 0.15) is 40.6 Å². The number of hydrazine groups is 1. The van der Waals surface area contributed by atoms with Gasteiger partial charge in [-0.05, 0) is 68.3 Å². The predicted octanol–water partition coefficient (Wildman–Crippen LogP) is 4.12. The monoisotopic (exact) mass is 512 g/mol. The summed E-state index contributed by atoms with van der Waals surface area (Å²) < 4.78 is 18.0. The SMILES string of the molecule is CCc1cc(C(=O)OC)c(NC(=S)NNC(=O)C2CCN(Cc3ccc(F)cc3Cl)CC2)s1. The van der Waals surface area contributed by atoms with E-state index < -0.39 is 5.97 Å². The molecule has 0 aliphatic carbocycles. The molecular weight excluding hydrogens is 487 g/mol. The molecular formula is C22H26ClFN4O3S2. The van der Waals surface area contributed by atoms with Gasteiger partial charge >= 0.3 is 5.97 Å². The van der Waals surface area contributed by atoms with Crippen LogP contribution in [0.5, 0.6) is 0 Å². The number of rotatable bonds is 6. The number of nitrogens with zero attached hydrogens (tertiary/aromatic N) is 1. The summed E-state index contributed by atoms with van der Waals surface area (Å²) in [5, 5.41) is 4.12. The molecule has 0 unspecified atom stereocenters. The number of halogens is 2. The van der Waals surface area contributed by atoms with Crippen LogP contribution in [0.3, 0.4) is 0 Å². The number of aryl methyl sites for hydroxylation is 1. The van der Waals surface area contributed by atoms with Gasteiger partial charge in [0.15, 0.2) is 5.11 Å². The number of likely N-dealkylation sites (tertiary alicyclic amines) is 1. The Labute approximate surface area is 206 Å². The van der Waals surface area contributed by atoms with Crippen molar-refractivity contribution in [3.8, 4) is 0 Å². The lowest BCUT2D eigenvalue weighted by molar-refractivity contribution is -0.127. The Balaban J connectivity index is 1.45. The molecule has 1 aromatic carbocycles. The van der Waals surface area contributed by atoms with E-state index in [9.17, 15) is 14.0 Å². The fourth-order valence-electron chi connectivity index (χ4n) is 3.57. The first-order valence-electron chi connectivity index (χ1n) is 10.5. The van der Waals surface area contributed by atoms with Gasteiger partial charge < -0.3 is 10.1 Å². The third kappa shape index (κ3) is 6.86. The maximum absolute atomic E-state index is 13.2. The van der Waals surface area contributed by atoms with Gasteiger partial charge in [0.2, 0.25) is 5.91 Å². The normalized spacial score (nSPS) is 14.5. The average molecular weight is 513 g/mol. The van der Waals surface area contributed by atoms with Crippen molar-refractivity contribution in [1.29, 1.82) is 0 Å². The summed E-state index contributed by atoms with van der Waals surface area (Å²) in [6.45, 7) is 4.06. The van der Waals surface area contributed by atoms with Crippen LogP contribution in [-0.4, -0.2) is 42.1 Å². The van der Waals surface area contributed by atoms with Crippen LogP contribution in [0.2, 0.25) is 5.02 Å². The van der Waals surface area contributed by atoms with Crippen molar-refractivity contribution in [3.05, 3.63) is 51.1 Å². The van der Waals surface area contributed by atoms with Crippen LogP contribution < -0.4 is 16.2 Å². The van der Waals surface area contributed by atoms with Crippen molar-refractivity contribution in [3.63, 3.8) is 0 Å². The molecule has 178 valence electrons. The van der Waals surface area contributed by atoms with Gasteiger partial charge in [-0.15, -0.1) is 11.3 Å². The largest absolute Gasteiger partial charge is 0.465 e. The maximum atomic E-state index is 13.2. The number of methoxy groups -OCH3 is 1. The first-order valence-corrected chi connectivity index (χ1v) is 12.1. The standard InChI is InChI=1S/C22H26ClFN4O3S2/c1-3-16-11-17(21(30)31-2)20(33-16)25-22(32)27-26-19(29)13-6-8-28(9-7-13)12-14-4-5-15(24)10-18(14)23/h4-5,10-11,13H,3,6-9,12H2,1-2H3,(H,26,29)(H2,25,27,32). The van der Waals surface area contributed by atoms with Crippen LogP contribution in [0.25, 0.3) is 0 Å². The number of amides is 1. The number of piperidine rings is 1. The van der Waals surface area contributed by atoms with E-state index in [0.29, 0.717) is 35.0 Å². The number of nitrogens with one attached hydrogen (secondary N) is 3. The zero-order chi connectivity index (χ0) is 24.0. The number of esters is 1. The second-order valence-corrected chi connectivity index (χ2v) is 9.61. The summed E-state index contributed by atoms with van der Waals surface area (Å²) in [5.74, 6) is -1.11. The molecule has 1 aromatic heterocycles. The Morgan fingerprint density at radius 1 is 1.27 bits per heavy atom. The highest BCUT2D eigenvalue weighted by Gasteiger charge is 2.25. The lowest BCUT2D eigenvalue weighted by atomic mass is 9.96. The van der Waals surface area contributed by atoms with Gasteiger partial charge in [-0.3, -0.25) is 20.5 Å². The average Bonchev–Trinajstić information content (AvgIpc) is 3.22. The summed E-state index contributed by atoms with van der Waals surface area (Å²) in [5.41, 5.74) is 6.63.